The van der Waals surface area contributed by atoms with Gasteiger partial charge in [-0.1, -0.05) is 20.8 Å². The maximum absolute atomic E-state index is 9.83. The molecule has 0 amide bonds. The molecule has 1 aliphatic heterocycles. The topological polar surface area (TPSA) is 44.7 Å². The Hall–Kier alpha value is -0.160. The molecule has 0 saturated carbocycles. The van der Waals surface area contributed by atoms with Crippen LogP contribution in [0, 0.1) is 5.41 Å². The Morgan fingerprint density at radius 2 is 2.00 bits per heavy atom. The van der Waals surface area contributed by atoms with Crippen LogP contribution < -0.4 is 5.32 Å². The number of aliphatic hydroxyl groups is 1. The van der Waals surface area contributed by atoms with Crippen LogP contribution in [0.1, 0.15) is 20.8 Å². The molecule has 1 unspecified atom stereocenters. The summed E-state index contributed by atoms with van der Waals surface area (Å²) < 4.78 is 5.18. The highest BCUT2D eigenvalue weighted by molar-refractivity contribution is 4.83. The predicted molar refractivity (Wildman–Crippen MR) is 65.6 cm³/mol. The van der Waals surface area contributed by atoms with Crippen LogP contribution in [-0.4, -0.2) is 62.0 Å². The Balaban J connectivity index is 2.07. The smallest absolute Gasteiger partial charge is 0.0791 e. The SMILES string of the molecule is CCN(CC)CC(O)CNCC1(C)COC1. The molecule has 1 atom stereocenters. The Morgan fingerprint density at radius 1 is 1.38 bits per heavy atom. The van der Waals surface area contributed by atoms with E-state index in [0.29, 0.717) is 6.54 Å². The third kappa shape index (κ3) is 4.37. The van der Waals surface area contributed by atoms with E-state index in [1.54, 1.807) is 0 Å². The molecule has 16 heavy (non-hydrogen) atoms. The maximum Gasteiger partial charge on any atom is 0.0791 e. The van der Waals surface area contributed by atoms with Gasteiger partial charge in [0.1, 0.15) is 0 Å². The van der Waals surface area contributed by atoms with Crippen molar-refractivity contribution in [2.45, 2.75) is 26.9 Å². The Bertz CT molecular complexity index is 191. The zero-order valence-electron chi connectivity index (χ0n) is 10.8. The van der Waals surface area contributed by atoms with E-state index in [-0.39, 0.29) is 11.5 Å². The fourth-order valence-corrected chi connectivity index (χ4v) is 1.94. The third-order valence-corrected chi connectivity index (χ3v) is 3.20. The van der Waals surface area contributed by atoms with Gasteiger partial charge in [-0.15, -0.1) is 0 Å². The van der Waals surface area contributed by atoms with Crippen LogP contribution in [0.3, 0.4) is 0 Å². The quantitative estimate of drug-likeness (QED) is 0.630. The first-order valence-electron chi connectivity index (χ1n) is 6.28. The fourth-order valence-electron chi connectivity index (χ4n) is 1.94. The van der Waals surface area contributed by atoms with E-state index >= 15 is 0 Å². The average Bonchev–Trinajstić information content (AvgIpc) is 2.23. The number of hydrogen-bond donors (Lipinski definition) is 2. The summed E-state index contributed by atoms with van der Waals surface area (Å²) in [4.78, 5) is 2.24. The lowest BCUT2D eigenvalue weighted by Gasteiger charge is -2.38. The summed E-state index contributed by atoms with van der Waals surface area (Å²) in [5.41, 5.74) is 0.287. The Labute approximate surface area is 99.0 Å². The van der Waals surface area contributed by atoms with Crippen molar-refractivity contribution in [2.24, 2.45) is 5.41 Å². The summed E-state index contributed by atoms with van der Waals surface area (Å²) in [5, 5.41) is 13.2. The van der Waals surface area contributed by atoms with Crippen molar-refractivity contribution in [3.05, 3.63) is 0 Å². The van der Waals surface area contributed by atoms with Gasteiger partial charge < -0.3 is 20.1 Å². The van der Waals surface area contributed by atoms with Crippen molar-refractivity contribution >= 4 is 0 Å². The summed E-state index contributed by atoms with van der Waals surface area (Å²) in [6.45, 7) is 12.5. The van der Waals surface area contributed by atoms with Crippen molar-refractivity contribution < 1.29 is 9.84 Å². The van der Waals surface area contributed by atoms with Crippen LogP contribution in [-0.2, 0) is 4.74 Å². The second kappa shape index (κ2) is 6.55. The van der Waals surface area contributed by atoms with Crippen molar-refractivity contribution in [1.29, 1.82) is 0 Å². The standard InChI is InChI=1S/C12H26N2O2/c1-4-14(5-2)7-11(15)6-13-8-12(3)9-16-10-12/h11,13,15H,4-10H2,1-3H3. The summed E-state index contributed by atoms with van der Waals surface area (Å²) in [5.74, 6) is 0. The number of hydrogen-bond acceptors (Lipinski definition) is 4. The van der Waals surface area contributed by atoms with Crippen molar-refractivity contribution in [3.8, 4) is 0 Å². The zero-order valence-corrected chi connectivity index (χ0v) is 10.8. The molecule has 0 aromatic heterocycles. The first kappa shape index (κ1) is 13.9. The van der Waals surface area contributed by atoms with Gasteiger partial charge >= 0.3 is 0 Å². The molecule has 1 rings (SSSR count). The number of likely N-dealkylation sites (N-methyl/N-ethyl adjacent to an activating group) is 1. The van der Waals surface area contributed by atoms with Crippen molar-refractivity contribution in [1.82, 2.24) is 10.2 Å². The van der Waals surface area contributed by atoms with Gasteiger partial charge in [-0.25, -0.2) is 0 Å². The molecule has 0 aliphatic carbocycles. The van der Waals surface area contributed by atoms with Crippen LogP contribution in [0.5, 0.6) is 0 Å². The predicted octanol–water partition coefficient (Wildman–Crippen LogP) is 0.315. The molecule has 96 valence electrons. The molecule has 0 aromatic rings. The lowest BCUT2D eigenvalue weighted by molar-refractivity contribution is -0.0997. The van der Waals surface area contributed by atoms with Crippen LogP contribution in [0.4, 0.5) is 0 Å². The molecule has 0 bridgehead atoms. The van der Waals surface area contributed by atoms with Crippen LogP contribution in [0.2, 0.25) is 0 Å². The molecule has 1 saturated heterocycles. The number of rotatable bonds is 8. The van der Waals surface area contributed by atoms with E-state index in [9.17, 15) is 5.11 Å². The van der Waals surface area contributed by atoms with Gasteiger partial charge in [-0.2, -0.15) is 0 Å². The summed E-state index contributed by atoms with van der Waals surface area (Å²) in [6, 6.07) is 0. The molecular formula is C12H26N2O2. The van der Waals surface area contributed by atoms with Crippen molar-refractivity contribution in [2.75, 3.05) is 45.9 Å². The minimum Gasteiger partial charge on any atom is -0.390 e. The van der Waals surface area contributed by atoms with Crippen molar-refractivity contribution in [3.63, 3.8) is 0 Å². The number of nitrogens with zero attached hydrogens (tertiary/aromatic N) is 1. The molecule has 1 heterocycles. The van der Waals surface area contributed by atoms with E-state index in [4.69, 9.17) is 4.74 Å². The number of ether oxygens (including phenoxy) is 1. The molecule has 0 aromatic carbocycles. The highest BCUT2D eigenvalue weighted by Gasteiger charge is 2.32. The highest BCUT2D eigenvalue weighted by Crippen LogP contribution is 2.24. The largest absolute Gasteiger partial charge is 0.390 e. The van der Waals surface area contributed by atoms with E-state index in [1.165, 1.54) is 0 Å². The van der Waals surface area contributed by atoms with E-state index < -0.39 is 0 Å². The molecule has 0 spiro atoms. The van der Waals surface area contributed by atoms with E-state index in [2.05, 4.69) is 31.0 Å². The third-order valence-electron chi connectivity index (χ3n) is 3.20. The van der Waals surface area contributed by atoms with Gasteiger partial charge in [-0.3, -0.25) is 0 Å². The molecule has 0 radical (unpaired) electrons. The Morgan fingerprint density at radius 3 is 2.44 bits per heavy atom. The van der Waals surface area contributed by atoms with E-state index in [1.807, 2.05) is 0 Å². The second-order valence-electron chi connectivity index (χ2n) is 5.07. The number of aliphatic hydroxyl groups excluding tert-OH is 1. The van der Waals surface area contributed by atoms with Gasteiger partial charge in [0.2, 0.25) is 0 Å². The second-order valence-corrected chi connectivity index (χ2v) is 5.07. The van der Waals surface area contributed by atoms with Gasteiger partial charge in [0.05, 0.1) is 19.3 Å². The van der Waals surface area contributed by atoms with Crippen LogP contribution >= 0.6 is 0 Å². The molecular weight excluding hydrogens is 204 g/mol. The van der Waals surface area contributed by atoms with Crippen LogP contribution in [0.15, 0.2) is 0 Å². The first-order valence-corrected chi connectivity index (χ1v) is 6.28. The zero-order chi connectivity index (χ0) is 12.0. The monoisotopic (exact) mass is 230 g/mol. The first-order chi connectivity index (χ1) is 7.59. The average molecular weight is 230 g/mol. The normalized spacial score (nSPS) is 20.8. The lowest BCUT2D eigenvalue weighted by atomic mass is 9.89. The molecule has 2 N–H and O–H groups in total. The molecule has 4 heteroatoms. The van der Waals surface area contributed by atoms with Gasteiger partial charge in [0.15, 0.2) is 0 Å². The minimum atomic E-state index is -0.274. The Kier molecular flexibility index (Phi) is 5.69. The summed E-state index contributed by atoms with van der Waals surface area (Å²) >= 11 is 0. The molecule has 1 fully saturated rings. The maximum atomic E-state index is 9.83. The summed E-state index contributed by atoms with van der Waals surface area (Å²) in [6.07, 6.45) is -0.274. The molecule has 1 aliphatic rings. The number of nitrogens with one attached hydrogen (secondary N) is 1. The lowest BCUT2D eigenvalue weighted by Crippen LogP contribution is -2.49. The highest BCUT2D eigenvalue weighted by atomic mass is 16.5. The summed E-state index contributed by atoms with van der Waals surface area (Å²) in [7, 11) is 0. The van der Waals surface area contributed by atoms with Crippen LogP contribution in [0.25, 0.3) is 0 Å². The van der Waals surface area contributed by atoms with E-state index in [0.717, 1.165) is 39.4 Å². The molecule has 4 nitrogen and oxygen atoms in total. The van der Waals surface area contributed by atoms with Gasteiger partial charge in [0.25, 0.3) is 0 Å². The van der Waals surface area contributed by atoms with Gasteiger partial charge in [0, 0.05) is 25.0 Å². The minimum absolute atomic E-state index is 0.274. The van der Waals surface area contributed by atoms with Gasteiger partial charge in [-0.05, 0) is 13.1 Å². The fraction of sp³-hybridized carbons (Fsp3) is 1.00.